The lowest BCUT2D eigenvalue weighted by Crippen LogP contribution is -2.37. The molecule has 0 amide bonds. The fraction of sp³-hybridized carbons (Fsp3) is 0.261. The summed E-state index contributed by atoms with van der Waals surface area (Å²) >= 11 is 7.67. The highest BCUT2D eigenvalue weighted by molar-refractivity contribution is 7.98. The molecule has 0 bridgehead atoms. The van der Waals surface area contributed by atoms with E-state index in [1.807, 2.05) is 24.3 Å². The Morgan fingerprint density at radius 2 is 1.91 bits per heavy atom. The molecule has 0 saturated carbocycles. The van der Waals surface area contributed by atoms with Crippen molar-refractivity contribution in [2.24, 2.45) is 0 Å². The van der Waals surface area contributed by atoms with Gasteiger partial charge in [-0.2, -0.15) is 0 Å². The first-order valence-corrected chi connectivity index (χ1v) is 11.7. The molecule has 2 aromatic heterocycles. The number of benzene rings is 2. The third-order valence-corrected chi connectivity index (χ3v) is 6.34. The summed E-state index contributed by atoms with van der Waals surface area (Å²) in [5.41, 5.74) is 3.91. The van der Waals surface area contributed by atoms with Crippen molar-refractivity contribution in [2.45, 2.75) is 17.8 Å². The molecule has 2 aromatic carbocycles. The van der Waals surface area contributed by atoms with E-state index in [0.717, 1.165) is 41.1 Å². The highest BCUT2D eigenvalue weighted by Gasteiger charge is 2.22. The zero-order valence-electron chi connectivity index (χ0n) is 17.6. The predicted octanol–water partition coefficient (Wildman–Crippen LogP) is 5.01. The van der Waals surface area contributed by atoms with Gasteiger partial charge in [-0.1, -0.05) is 41.6 Å². The van der Waals surface area contributed by atoms with E-state index >= 15 is 0 Å². The maximum Gasteiger partial charge on any atom is 0.232 e. The third-order valence-electron chi connectivity index (χ3n) is 5.14. The molecule has 3 heterocycles. The largest absolute Gasteiger partial charge is 0.444 e. The molecule has 0 unspecified atom stereocenters. The molecule has 0 spiro atoms. The Balaban J connectivity index is 1.41. The van der Waals surface area contributed by atoms with Gasteiger partial charge in [-0.05, 0) is 42.8 Å². The van der Waals surface area contributed by atoms with Gasteiger partial charge in [0.05, 0.1) is 24.6 Å². The minimum Gasteiger partial charge on any atom is -0.444 e. The van der Waals surface area contributed by atoms with Crippen LogP contribution in [0.4, 0.5) is 5.95 Å². The van der Waals surface area contributed by atoms with E-state index in [9.17, 15) is 0 Å². The van der Waals surface area contributed by atoms with Crippen LogP contribution in [0.3, 0.4) is 0 Å². The number of halogens is 1. The number of morpholine rings is 1. The summed E-state index contributed by atoms with van der Waals surface area (Å²) in [6.45, 7) is 5.05. The molecule has 164 valence electrons. The summed E-state index contributed by atoms with van der Waals surface area (Å²) in [4.78, 5) is 6.84. The molecule has 0 N–H and O–H groups in total. The number of hydrogen-bond donors (Lipinski definition) is 0. The maximum absolute atomic E-state index is 6.09. The van der Waals surface area contributed by atoms with E-state index in [4.69, 9.17) is 20.8 Å². The van der Waals surface area contributed by atoms with E-state index in [-0.39, 0.29) is 0 Å². The molecular formula is C23H22ClN5O2S. The van der Waals surface area contributed by atoms with Gasteiger partial charge in [-0.15, -0.1) is 10.2 Å². The van der Waals surface area contributed by atoms with Gasteiger partial charge in [0.1, 0.15) is 6.26 Å². The fourth-order valence-corrected chi connectivity index (χ4v) is 4.60. The summed E-state index contributed by atoms with van der Waals surface area (Å²) < 4.78 is 13.3. The lowest BCUT2D eigenvalue weighted by atomic mass is 10.2. The van der Waals surface area contributed by atoms with Gasteiger partial charge in [0.25, 0.3) is 0 Å². The topological polar surface area (TPSA) is 69.2 Å². The average molecular weight is 468 g/mol. The molecule has 0 atom stereocenters. The van der Waals surface area contributed by atoms with Crippen molar-refractivity contribution in [3.05, 3.63) is 71.1 Å². The molecule has 4 aromatic rings. The molecule has 5 rings (SSSR count). The van der Waals surface area contributed by atoms with Crippen LogP contribution in [0.1, 0.15) is 11.3 Å². The first-order chi connectivity index (χ1) is 15.7. The second kappa shape index (κ2) is 9.36. The quantitative estimate of drug-likeness (QED) is 0.369. The Bertz CT molecular complexity index is 1220. The van der Waals surface area contributed by atoms with E-state index in [1.165, 1.54) is 5.56 Å². The Labute approximate surface area is 195 Å². The molecule has 1 saturated heterocycles. The summed E-state index contributed by atoms with van der Waals surface area (Å²) in [5.74, 6) is 2.00. The second-order valence-corrected chi connectivity index (χ2v) is 8.88. The van der Waals surface area contributed by atoms with E-state index in [2.05, 4.69) is 55.8 Å². The fourth-order valence-electron chi connectivity index (χ4n) is 3.58. The lowest BCUT2D eigenvalue weighted by molar-refractivity contribution is 0.122. The lowest BCUT2D eigenvalue weighted by Gasteiger charge is -2.28. The molecule has 9 heteroatoms. The molecule has 1 fully saturated rings. The van der Waals surface area contributed by atoms with Gasteiger partial charge in [-0.3, -0.25) is 4.57 Å². The predicted molar refractivity (Wildman–Crippen MR) is 126 cm³/mol. The van der Waals surface area contributed by atoms with E-state index in [1.54, 1.807) is 18.0 Å². The summed E-state index contributed by atoms with van der Waals surface area (Å²) in [6, 6.07) is 15.8. The number of aromatic nitrogens is 4. The zero-order valence-corrected chi connectivity index (χ0v) is 19.1. The maximum atomic E-state index is 6.09. The number of hydrogen-bond acceptors (Lipinski definition) is 7. The van der Waals surface area contributed by atoms with Crippen molar-refractivity contribution in [1.82, 2.24) is 19.7 Å². The molecule has 32 heavy (non-hydrogen) atoms. The van der Waals surface area contributed by atoms with Crippen molar-refractivity contribution >= 4 is 29.3 Å². The van der Waals surface area contributed by atoms with Crippen molar-refractivity contribution in [3.63, 3.8) is 0 Å². The van der Waals surface area contributed by atoms with Crippen molar-refractivity contribution in [3.8, 4) is 17.1 Å². The Kier molecular flexibility index (Phi) is 6.16. The third kappa shape index (κ3) is 4.53. The molecule has 7 nitrogen and oxygen atoms in total. The Hall–Kier alpha value is -2.81. The van der Waals surface area contributed by atoms with Crippen LogP contribution in [0.2, 0.25) is 5.02 Å². The van der Waals surface area contributed by atoms with Crippen molar-refractivity contribution in [2.75, 3.05) is 31.2 Å². The summed E-state index contributed by atoms with van der Waals surface area (Å²) in [6.07, 6.45) is 1.68. The van der Waals surface area contributed by atoms with Crippen LogP contribution >= 0.6 is 23.4 Å². The number of ether oxygens (including phenoxy) is 1. The highest BCUT2D eigenvalue weighted by Crippen LogP contribution is 2.30. The van der Waals surface area contributed by atoms with Crippen LogP contribution in [0, 0.1) is 6.92 Å². The summed E-state index contributed by atoms with van der Waals surface area (Å²) in [5, 5.41) is 10.5. The number of anilines is 1. The molecule has 1 aliphatic heterocycles. The summed E-state index contributed by atoms with van der Waals surface area (Å²) in [7, 11) is 0. The van der Waals surface area contributed by atoms with Crippen LogP contribution in [0.5, 0.6) is 0 Å². The second-order valence-electron chi connectivity index (χ2n) is 7.50. The smallest absolute Gasteiger partial charge is 0.232 e. The number of aryl methyl sites for hydroxylation is 1. The van der Waals surface area contributed by atoms with Gasteiger partial charge in [0.15, 0.2) is 5.16 Å². The first kappa shape index (κ1) is 21.1. The first-order valence-electron chi connectivity index (χ1n) is 10.4. The Morgan fingerprint density at radius 1 is 1.06 bits per heavy atom. The van der Waals surface area contributed by atoms with Gasteiger partial charge >= 0.3 is 0 Å². The van der Waals surface area contributed by atoms with Gasteiger partial charge in [0.2, 0.25) is 11.8 Å². The highest BCUT2D eigenvalue weighted by atomic mass is 35.5. The van der Waals surface area contributed by atoms with E-state index < -0.39 is 0 Å². The normalized spacial score (nSPS) is 14.1. The molecule has 0 radical (unpaired) electrons. The number of nitrogens with zero attached hydrogens (tertiary/aromatic N) is 5. The molecule has 1 aliphatic rings. The SMILES string of the molecule is Cc1cccc(-n2c(SCc3coc(-c4cccc(Cl)c4)n3)nnc2N2CCOCC2)c1. The van der Waals surface area contributed by atoms with Gasteiger partial charge < -0.3 is 14.1 Å². The van der Waals surface area contributed by atoms with Crippen LogP contribution < -0.4 is 4.90 Å². The van der Waals surface area contributed by atoms with Crippen molar-refractivity contribution in [1.29, 1.82) is 0 Å². The van der Waals surface area contributed by atoms with Crippen molar-refractivity contribution < 1.29 is 9.15 Å². The molecular weight excluding hydrogens is 446 g/mol. The Morgan fingerprint density at radius 3 is 2.72 bits per heavy atom. The van der Waals surface area contributed by atoms with Gasteiger partial charge in [-0.25, -0.2) is 4.98 Å². The standard InChI is InChI=1S/C23H22ClN5O2S/c1-16-4-2-7-20(12-16)29-22(28-8-10-30-11-9-28)26-27-23(29)32-15-19-14-31-21(25-19)17-5-3-6-18(24)13-17/h2-7,12-14H,8-11,15H2,1H3. The monoisotopic (exact) mass is 467 g/mol. The van der Waals surface area contributed by atoms with Crippen LogP contribution in [0.25, 0.3) is 17.1 Å². The van der Waals surface area contributed by atoms with Crippen LogP contribution in [-0.4, -0.2) is 46.1 Å². The van der Waals surface area contributed by atoms with Gasteiger partial charge in [0, 0.05) is 29.4 Å². The average Bonchev–Trinajstić information content (AvgIpc) is 3.46. The minimum absolute atomic E-state index is 0.553. The number of thioether (sulfide) groups is 1. The van der Waals surface area contributed by atoms with E-state index in [0.29, 0.717) is 29.9 Å². The van der Waals surface area contributed by atoms with Crippen LogP contribution in [0.15, 0.2) is 64.4 Å². The number of rotatable bonds is 6. The molecule has 0 aliphatic carbocycles. The minimum atomic E-state index is 0.553. The zero-order chi connectivity index (χ0) is 21.9. The van der Waals surface area contributed by atoms with Crippen LogP contribution in [-0.2, 0) is 10.5 Å². The number of oxazole rings is 1.